The van der Waals surface area contributed by atoms with Crippen LogP contribution in [0, 0.1) is 5.41 Å². The molecular formula is C22H34O3. The Morgan fingerprint density at radius 2 is 1.36 bits per heavy atom. The van der Waals surface area contributed by atoms with E-state index in [4.69, 9.17) is 4.74 Å². The monoisotopic (exact) mass is 346 g/mol. The quantitative estimate of drug-likeness (QED) is 0.165. The molecule has 140 valence electrons. The molecule has 0 aliphatic rings. The van der Waals surface area contributed by atoms with Gasteiger partial charge in [0.15, 0.2) is 0 Å². The first kappa shape index (κ1) is 23.1. The standard InChI is InChI=1S/C22H34O3/c1-5-8-10-12-14-16-18-22(20(4)23,21(24)25-7-3)19-17-15-13-11-9-6-2/h5-6,14-17H,1-2,7-13,18-19H2,3-4H3. The van der Waals surface area contributed by atoms with Crippen LogP contribution in [0.25, 0.3) is 0 Å². The highest BCUT2D eigenvalue weighted by molar-refractivity contribution is 6.03. The Hall–Kier alpha value is -1.90. The summed E-state index contributed by atoms with van der Waals surface area (Å²) < 4.78 is 5.21. The van der Waals surface area contributed by atoms with Crippen LogP contribution < -0.4 is 0 Å². The molecule has 0 rings (SSSR count). The van der Waals surface area contributed by atoms with Crippen LogP contribution in [0.15, 0.2) is 49.6 Å². The average molecular weight is 347 g/mol. The van der Waals surface area contributed by atoms with Gasteiger partial charge in [-0.3, -0.25) is 9.59 Å². The lowest BCUT2D eigenvalue weighted by molar-refractivity contribution is -0.159. The van der Waals surface area contributed by atoms with Crippen LogP contribution in [-0.4, -0.2) is 18.4 Å². The first-order valence-corrected chi connectivity index (χ1v) is 9.25. The maximum Gasteiger partial charge on any atom is 0.320 e. The molecule has 0 radical (unpaired) electrons. The van der Waals surface area contributed by atoms with Crippen molar-refractivity contribution >= 4 is 11.8 Å². The van der Waals surface area contributed by atoms with E-state index in [9.17, 15) is 9.59 Å². The van der Waals surface area contributed by atoms with Crippen LogP contribution >= 0.6 is 0 Å². The predicted molar refractivity (Wildman–Crippen MR) is 105 cm³/mol. The van der Waals surface area contributed by atoms with E-state index in [1.165, 1.54) is 6.92 Å². The summed E-state index contributed by atoms with van der Waals surface area (Å²) >= 11 is 0. The topological polar surface area (TPSA) is 43.4 Å². The van der Waals surface area contributed by atoms with Crippen molar-refractivity contribution in [3.8, 4) is 0 Å². The molecule has 0 heterocycles. The number of carbonyl (C=O) groups excluding carboxylic acids is 2. The molecule has 3 nitrogen and oxygen atoms in total. The van der Waals surface area contributed by atoms with E-state index in [2.05, 4.69) is 13.2 Å². The number of Topliss-reactive ketones (excluding diaryl/α,β-unsaturated/α-hetero) is 1. The Balaban J connectivity index is 4.98. The van der Waals surface area contributed by atoms with Gasteiger partial charge in [-0.25, -0.2) is 0 Å². The zero-order chi connectivity index (χ0) is 19.0. The SMILES string of the molecule is C=CCCCC=CCC(CC=CCCCC=C)(C(C)=O)C(=O)OCC. The molecular weight excluding hydrogens is 312 g/mol. The van der Waals surface area contributed by atoms with E-state index < -0.39 is 11.4 Å². The minimum Gasteiger partial charge on any atom is -0.465 e. The first-order chi connectivity index (χ1) is 12.0. The molecule has 0 fully saturated rings. The lowest BCUT2D eigenvalue weighted by Gasteiger charge is -2.26. The van der Waals surface area contributed by atoms with Crippen molar-refractivity contribution in [1.29, 1.82) is 0 Å². The average Bonchev–Trinajstić information content (AvgIpc) is 2.59. The van der Waals surface area contributed by atoms with Gasteiger partial charge in [-0.05, 0) is 65.2 Å². The second kappa shape index (κ2) is 14.4. The molecule has 0 saturated carbocycles. The molecule has 0 saturated heterocycles. The molecule has 0 aromatic carbocycles. The molecule has 0 aliphatic carbocycles. The molecule has 25 heavy (non-hydrogen) atoms. The highest BCUT2D eigenvalue weighted by atomic mass is 16.5. The Morgan fingerprint density at radius 1 is 0.880 bits per heavy atom. The van der Waals surface area contributed by atoms with Crippen LogP contribution in [0.5, 0.6) is 0 Å². The largest absolute Gasteiger partial charge is 0.465 e. The lowest BCUT2D eigenvalue weighted by atomic mass is 9.77. The maximum atomic E-state index is 12.5. The molecule has 0 aromatic heterocycles. The summed E-state index contributed by atoms with van der Waals surface area (Å²) in [5.41, 5.74) is -1.11. The third kappa shape index (κ3) is 9.23. The molecule has 0 amide bonds. The fourth-order valence-corrected chi connectivity index (χ4v) is 2.52. The summed E-state index contributed by atoms with van der Waals surface area (Å²) in [7, 11) is 0. The number of carbonyl (C=O) groups is 2. The maximum absolute atomic E-state index is 12.5. The van der Waals surface area contributed by atoms with Crippen molar-refractivity contribution in [2.75, 3.05) is 6.61 Å². The normalized spacial score (nSPS) is 13.7. The van der Waals surface area contributed by atoms with Crippen LogP contribution in [0.3, 0.4) is 0 Å². The molecule has 0 bridgehead atoms. The summed E-state index contributed by atoms with van der Waals surface area (Å²) in [6, 6.07) is 0. The Morgan fingerprint density at radius 3 is 1.72 bits per heavy atom. The van der Waals surface area contributed by atoms with Gasteiger partial charge in [-0.2, -0.15) is 0 Å². The van der Waals surface area contributed by atoms with Crippen molar-refractivity contribution in [2.24, 2.45) is 5.41 Å². The van der Waals surface area contributed by atoms with Crippen molar-refractivity contribution in [3.05, 3.63) is 49.6 Å². The third-order valence-corrected chi connectivity index (χ3v) is 4.16. The highest BCUT2D eigenvalue weighted by Crippen LogP contribution is 2.31. The Bertz CT molecular complexity index is 446. The van der Waals surface area contributed by atoms with Crippen molar-refractivity contribution in [3.63, 3.8) is 0 Å². The van der Waals surface area contributed by atoms with Crippen LogP contribution in [0.1, 0.15) is 65.2 Å². The summed E-state index contributed by atoms with van der Waals surface area (Å²) in [5.74, 6) is -0.564. The Labute approximate surface area is 153 Å². The van der Waals surface area contributed by atoms with Gasteiger partial charge in [0.05, 0.1) is 6.61 Å². The molecule has 0 unspecified atom stereocenters. The molecule has 0 aliphatic heterocycles. The number of allylic oxidation sites excluding steroid dienone is 6. The predicted octanol–water partition coefficient (Wildman–Crippen LogP) is 5.73. The minimum atomic E-state index is -1.11. The van der Waals surface area contributed by atoms with E-state index in [0.717, 1.165) is 38.5 Å². The molecule has 0 aromatic rings. The number of esters is 1. The Kier molecular flexibility index (Phi) is 13.3. The second-order valence-corrected chi connectivity index (χ2v) is 6.15. The number of hydrogen-bond acceptors (Lipinski definition) is 3. The van der Waals surface area contributed by atoms with Gasteiger partial charge in [-0.15, -0.1) is 13.2 Å². The second-order valence-electron chi connectivity index (χ2n) is 6.15. The van der Waals surface area contributed by atoms with E-state index in [-0.39, 0.29) is 12.4 Å². The van der Waals surface area contributed by atoms with Gasteiger partial charge < -0.3 is 4.74 Å². The number of rotatable bonds is 15. The van der Waals surface area contributed by atoms with Crippen molar-refractivity contribution < 1.29 is 14.3 Å². The van der Waals surface area contributed by atoms with E-state index in [1.807, 2.05) is 36.5 Å². The van der Waals surface area contributed by atoms with E-state index in [0.29, 0.717) is 12.8 Å². The van der Waals surface area contributed by atoms with Gasteiger partial charge >= 0.3 is 5.97 Å². The van der Waals surface area contributed by atoms with Gasteiger partial charge in [0.25, 0.3) is 0 Å². The van der Waals surface area contributed by atoms with Gasteiger partial charge in [0.1, 0.15) is 11.2 Å². The fourth-order valence-electron chi connectivity index (χ4n) is 2.52. The summed E-state index contributed by atoms with van der Waals surface area (Å²) in [6.45, 7) is 10.9. The van der Waals surface area contributed by atoms with Crippen molar-refractivity contribution in [1.82, 2.24) is 0 Å². The zero-order valence-electron chi connectivity index (χ0n) is 16.0. The fraction of sp³-hybridized carbons (Fsp3) is 0.545. The number of ketones is 1. The van der Waals surface area contributed by atoms with Crippen LogP contribution in [0.2, 0.25) is 0 Å². The number of hydrogen-bond donors (Lipinski definition) is 0. The summed E-state index contributed by atoms with van der Waals surface area (Å²) in [6.07, 6.45) is 18.3. The zero-order valence-corrected chi connectivity index (χ0v) is 16.0. The van der Waals surface area contributed by atoms with Gasteiger partial charge in [0.2, 0.25) is 0 Å². The summed E-state index contributed by atoms with van der Waals surface area (Å²) in [4.78, 5) is 24.8. The van der Waals surface area contributed by atoms with E-state index in [1.54, 1.807) is 6.92 Å². The lowest BCUT2D eigenvalue weighted by Crippen LogP contribution is -2.38. The molecule has 0 atom stereocenters. The summed E-state index contributed by atoms with van der Waals surface area (Å²) in [5, 5.41) is 0. The van der Waals surface area contributed by atoms with Crippen LogP contribution in [0.4, 0.5) is 0 Å². The minimum absolute atomic E-state index is 0.141. The number of unbranched alkanes of at least 4 members (excludes halogenated alkanes) is 4. The van der Waals surface area contributed by atoms with E-state index >= 15 is 0 Å². The molecule has 0 N–H and O–H groups in total. The third-order valence-electron chi connectivity index (χ3n) is 4.16. The van der Waals surface area contributed by atoms with Crippen LogP contribution in [-0.2, 0) is 14.3 Å². The van der Waals surface area contributed by atoms with Gasteiger partial charge in [0, 0.05) is 0 Å². The smallest absolute Gasteiger partial charge is 0.320 e. The van der Waals surface area contributed by atoms with Crippen molar-refractivity contribution in [2.45, 2.75) is 65.2 Å². The van der Waals surface area contributed by atoms with Gasteiger partial charge in [-0.1, -0.05) is 36.5 Å². The highest BCUT2D eigenvalue weighted by Gasteiger charge is 2.42. The number of ether oxygens (including phenoxy) is 1. The molecule has 3 heteroatoms. The molecule has 0 spiro atoms. The first-order valence-electron chi connectivity index (χ1n) is 9.25.